The Labute approximate surface area is 183 Å². The molecular formula is C30H26O. The van der Waals surface area contributed by atoms with Gasteiger partial charge >= 0.3 is 0 Å². The topological polar surface area (TPSA) is 9.23 Å². The fourth-order valence-corrected chi connectivity index (χ4v) is 6.51. The van der Waals surface area contributed by atoms with Crippen LogP contribution in [0.2, 0.25) is 0 Å². The second-order valence-electron chi connectivity index (χ2n) is 10.1. The summed E-state index contributed by atoms with van der Waals surface area (Å²) in [5.41, 5.74) is 4.05. The van der Waals surface area contributed by atoms with E-state index in [1.54, 1.807) is 0 Å². The van der Waals surface area contributed by atoms with Crippen LogP contribution in [0, 0.1) is 0 Å². The largest absolute Gasteiger partial charge is 0.486 e. The molecule has 1 aliphatic heterocycles. The average molecular weight is 403 g/mol. The molecule has 0 spiro atoms. The summed E-state index contributed by atoms with van der Waals surface area (Å²) in [6.45, 7) is 4.74. The quantitative estimate of drug-likeness (QED) is 0.257. The predicted octanol–water partition coefficient (Wildman–Crippen LogP) is 8.23. The Balaban J connectivity index is 1.49. The molecule has 1 fully saturated rings. The molecule has 0 N–H and O–H groups in total. The van der Waals surface area contributed by atoms with Crippen molar-refractivity contribution in [2.24, 2.45) is 0 Å². The van der Waals surface area contributed by atoms with Crippen molar-refractivity contribution >= 4 is 32.3 Å². The molecule has 0 amide bonds. The fourth-order valence-electron chi connectivity index (χ4n) is 6.51. The van der Waals surface area contributed by atoms with Gasteiger partial charge in [0.15, 0.2) is 0 Å². The van der Waals surface area contributed by atoms with Crippen molar-refractivity contribution in [1.29, 1.82) is 0 Å². The van der Waals surface area contributed by atoms with Gasteiger partial charge < -0.3 is 4.74 Å². The summed E-state index contributed by atoms with van der Waals surface area (Å²) in [6, 6.07) is 27.2. The molecule has 5 aromatic carbocycles. The van der Waals surface area contributed by atoms with Gasteiger partial charge in [-0.15, -0.1) is 0 Å². The van der Waals surface area contributed by atoms with Gasteiger partial charge in [-0.05, 0) is 81.8 Å². The van der Waals surface area contributed by atoms with Crippen LogP contribution in [-0.2, 0) is 5.41 Å². The Morgan fingerprint density at radius 3 is 2.26 bits per heavy atom. The van der Waals surface area contributed by atoms with Crippen LogP contribution in [0.15, 0.2) is 72.8 Å². The Morgan fingerprint density at radius 2 is 1.42 bits per heavy atom. The molecule has 2 unspecified atom stereocenters. The van der Waals surface area contributed by atoms with E-state index >= 15 is 0 Å². The number of rotatable bonds is 1. The maximum atomic E-state index is 6.57. The zero-order valence-electron chi connectivity index (χ0n) is 18.2. The average Bonchev–Trinajstić information content (AvgIpc) is 3.04. The molecule has 7 rings (SSSR count). The summed E-state index contributed by atoms with van der Waals surface area (Å²) in [7, 11) is 0. The monoisotopic (exact) mass is 402 g/mol. The zero-order chi connectivity index (χ0) is 20.8. The van der Waals surface area contributed by atoms with Gasteiger partial charge in [0.05, 0.1) is 0 Å². The first-order valence-corrected chi connectivity index (χ1v) is 11.6. The molecule has 31 heavy (non-hydrogen) atoms. The minimum atomic E-state index is -0.0745. The van der Waals surface area contributed by atoms with Crippen molar-refractivity contribution in [2.75, 3.05) is 0 Å². The molecule has 1 heterocycles. The van der Waals surface area contributed by atoms with Gasteiger partial charge in [-0.25, -0.2) is 0 Å². The molecule has 0 bridgehead atoms. The van der Waals surface area contributed by atoms with Gasteiger partial charge in [0.2, 0.25) is 0 Å². The first-order valence-electron chi connectivity index (χ1n) is 11.6. The molecule has 152 valence electrons. The van der Waals surface area contributed by atoms with Crippen LogP contribution < -0.4 is 4.74 Å². The van der Waals surface area contributed by atoms with E-state index in [1.807, 2.05) is 0 Å². The van der Waals surface area contributed by atoms with Gasteiger partial charge in [0.25, 0.3) is 0 Å². The SMILES string of the molecule is CC12CCCCC1(C)c1cc(-c3ccc4ccc5cccc6ccc3c4c56)ccc1O2. The second-order valence-corrected chi connectivity index (χ2v) is 10.1. The van der Waals surface area contributed by atoms with Crippen molar-refractivity contribution in [3.05, 3.63) is 78.4 Å². The predicted molar refractivity (Wildman–Crippen MR) is 130 cm³/mol. The van der Waals surface area contributed by atoms with Crippen molar-refractivity contribution in [1.82, 2.24) is 0 Å². The molecule has 1 aliphatic carbocycles. The number of hydrogen-bond donors (Lipinski definition) is 0. The normalized spacial score (nSPS) is 25.1. The van der Waals surface area contributed by atoms with Gasteiger partial charge in [0, 0.05) is 11.0 Å². The van der Waals surface area contributed by atoms with Crippen LogP contribution in [0.25, 0.3) is 43.4 Å². The van der Waals surface area contributed by atoms with Gasteiger partial charge in [0.1, 0.15) is 11.4 Å². The van der Waals surface area contributed by atoms with E-state index in [9.17, 15) is 0 Å². The molecule has 1 nitrogen and oxygen atoms in total. The van der Waals surface area contributed by atoms with Crippen LogP contribution in [-0.4, -0.2) is 5.60 Å². The van der Waals surface area contributed by atoms with Gasteiger partial charge in [-0.3, -0.25) is 0 Å². The van der Waals surface area contributed by atoms with Crippen LogP contribution in [0.1, 0.15) is 45.1 Å². The van der Waals surface area contributed by atoms with Crippen LogP contribution in [0.5, 0.6) is 5.75 Å². The highest BCUT2D eigenvalue weighted by Gasteiger charge is 2.55. The summed E-state index contributed by atoms with van der Waals surface area (Å²) in [5, 5.41) is 8.08. The van der Waals surface area contributed by atoms with Gasteiger partial charge in [-0.2, -0.15) is 0 Å². The standard InChI is InChI=1S/C30H26O/c1-29-16-3-4-17-30(29,2)31-26-15-12-22(18-25(26)29)23-13-10-21-9-8-19-6-5-7-20-11-14-24(23)28(21)27(19)20/h5-15,18H,3-4,16-17H2,1-2H3. The van der Waals surface area contributed by atoms with Crippen LogP contribution >= 0.6 is 0 Å². The highest BCUT2D eigenvalue weighted by Crippen LogP contribution is 2.57. The molecule has 0 saturated heterocycles. The third-order valence-electron chi connectivity index (χ3n) is 8.50. The second kappa shape index (κ2) is 5.79. The zero-order valence-corrected chi connectivity index (χ0v) is 18.2. The molecule has 1 heteroatoms. The summed E-state index contributed by atoms with van der Waals surface area (Å²) >= 11 is 0. The first kappa shape index (κ1) is 17.6. The Morgan fingerprint density at radius 1 is 0.710 bits per heavy atom. The third kappa shape index (κ3) is 2.17. The Bertz CT molecular complexity index is 1480. The maximum absolute atomic E-state index is 6.57. The van der Waals surface area contributed by atoms with Crippen molar-refractivity contribution in [3.8, 4) is 16.9 Å². The van der Waals surface area contributed by atoms with Gasteiger partial charge in [-0.1, -0.05) is 74.0 Å². The smallest absolute Gasteiger partial charge is 0.124 e. The minimum Gasteiger partial charge on any atom is -0.486 e. The lowest BCUT2D eigenvalue weighted by molar-refractivity contribution is 0.00740. The lowest BCUT2D eigenvalue weighted by atomic mass is 9.63. The van der Waals surface area contributed by atoms with Crippen LogP contribution in [0.4, 0.5) is 0 Å². The van der Waals surface area contributed by atoms with Crippen molar-refractivity contribution in [3.63, 3.8) is 0 Å². The molecule has 0 radical (unpaired) electrons. The highest BCUT2D eigenvalue weighted by atomic mass is 16.5. The molecule has 1 saturated carbocycles. The van der Waals surface area contributed by atoms with E-state index in [1.165, 1.54) is 68.3 Å². The highest BCUT2D eigenvalue weighted by molar-refractivity contribution is 6.25. The molecule has 2 aliphatic rings. The van der Waals surface area contributed by atoms with E-state index in [0.29, 0.717) is 0 Å². The third-order valence-corrected chi connectivity index (χ3v) is 8.50. The first-order chi connectivity index (χ1) is 15.1. The Kier molecular flexibility index (Phi) is 3.29. The summed E-state index contributed by atoms with van der Waals surface area (Å²) in [4.78, 5) is 0. The van der Waals surface area contributed by atoms with Crippen molar-refractivity contribution < 1.29 is 4.74 Å². The number of ether oxygens (including phenoxy) is 1. The number of fused-ring (bicyclic) bond motifs is 3. The molecule has 2 atom stereocenters. The number of hydrogen-bond acceptors (Lipinski definition) is 1. The van der Waals surface area contributed by atoms with E-state index in [0.717, 1.165) is 12.2 Å². The molecular weight excluding hydrogens is 376 g/mol. The van der Waals surface area contributed by atoms with E-state index in [-0.39, 0.29) is 11.0 Å². The summed E-state index contributed by atoms with van der Waals surface area (Å²) < 4.78 is 6.57. The lowest BCUT2D eigenvalue weighted by Gasteiger charge is -2.43. The van der Waals surface area contributed by atoms with E-state index < -0.39 is 0 Å². The van der Waals surface area contributed by atoms with Crippen LogP contribution in [0.3, 0.4) is 0 Å². The Hall–Kier alpha value is -3.06. The fraction of sp³-hybridized carbons (Fsp3) is 0.267. The summed E-state index contributed by atoms with van der Waals surface area (Å²) in [5.74, 6) is 1.09. The lowest BCUT2D eigenvalue weighted by Crippen LogP contribution is -2.49. The maximum Gasteiger partial charge on any atom is 0.124 e. The number of benzene rings is 5. The molecule has 0 aromatic heterocycles. The molecule has 5 aromatic rings. The van der Waals surface area contributed by atoms with E-state index in [4.69, 9.17) is 4.74 Å². The summed E-state index contributed by atoms with van der Waals surface area (Å²) in [6.07, 6.45) is 4.91. The van der Waals surface area contributed by atoms with Crippen molar-refractivity contribution in [2.45, 2.75) is 50.5 Å². The minimum absolute atomic E-state index is 0.0745. The van der Waals surface area contributed by atoms with E-state index in [2.05, 4.69) is 86.6 Å².